The molecule has 0 radical (unpaired) electrons. The summed E-state index contributed by atoms with van der Waals surface area (Å²) < 4.78 is 0. The molecule has 0 spiro atoms. The molecule has 3 fully saturated rings. The SMILES string of the molecule is C/C=C(\C)[C@H]1[C@@H](CO)[C@H]2[C@@H]([C@H]3C[C@]31C)[C@@H](O)CC[C@@H]2C. The lowest BCUT2D eigenvalue weighted by atomic mass is 9.53. The molecule has 114 valence electrons. The summed E-state index contributed by atoms with van der Waals surface area (Å²) in [7, 11) is 0. The van der Waals surface area contributed by atoms with E-state index in [4.69, 9.17) is 0 Å². The zero-order valence-electron chi connectivity index (χ0n) is 13.3. The van der Waals surface area contributed by atoms with Crippen LogP contribution in [0.25, 0.3) is 0 Å². The van der Waals surface area contributed by atoms with Gasteiger partial charge in [0.1, 0.15) is 0 Å². The third-order valence-corrected chi connectivity index (χ3v) is 7.06. The quantitative estimate of drug-likeness (QED) is 0.761. The van der Waals surface area contributed by atoms with Crippen LogP contribution in [0, 0.1) is 40.9 Å². The summed E-state index contributed by atoms with van der Waals surface area (Å²) in [6.45, 7) is 9.35. The Morgan fingerprint density at radius 2 is 2.00 bits per heavy atom. The Labute approximate surface area is 123 Å². The van der Waals surface area contributed by atoms with E-state index in [1.54, 1.807) is 0 Å². The molecule has 3 rings (SSSR count). The van der Waals surface area contributed by atoms with Gasteiger partial charge in [-0.05, 0) is 74.0 Å². The molecule has 0 aliphatic heterocycles. The molecule has 2 N–H and O–H groups in total. The van der Waals surface area contributed by atoms with E-state index in [1.165, 1.54) is 12.0 Å². The van der Waals surface area contributed by atoms with Gasteiger partial charge in [-0.2, -0.15) is 0 Å². The topological polar surface area (TPSA) is 40.5 Å². The van der Waals surface area contributed by atoms with Gasteiger partial charge in [0.05, 0.1) is 6.10 Å². The van der Waals surface area contributed by atoms with Gasteiger partial charge in [-0.25, -0.2) is 0 Å². The standard InChI is InChI=1S/C18H30O2/c1-5-10(2)17-12(9-19)15-11(3)6-7-14(20)16(15)13-8-18(13,17)4/h5,11-17,19-20H,6-9H2,1-4H3/b10-5+/t11-,12-,13+,14-,15-,16-,17-,18+/m0/s1. The van der Waals surface area contributed by atoms with E-state index in [1.807, 2.05) is 0 Å². The zero-order chi connectivity index (χ0) is 14.7. The Morgan fingerprint density at radius 1 is 1.30 bits per heavy atom. The summed E-state index contributed by atoms with van der Waals surface area (Å²) in [5.41, 5.74) is 1.77. The van der Waals surface area contributed by atoms with Crippen LogP contribution in [-0.2, 0) is 0 Å². The van der Waals surface area contributed by atoms with Gasteiger partial charge in [-0.1, -0.05) is 25.5 Å². The average molecular weight is 278 g/mol. The number of allylic oxidation sites excluding steroid dienone is 2. The average Bonchev–Trinajstić information content (AvgIpc) is 3.11. The fourth-order valence-corrected chi connectivity index (χ4v) is 6.02. The minimum absolute atomic E-state index is 0.135. The fourth-order valence-electron chi connectivity index (χ4n) is 6.02. The van der Waals surface area contributed by atoms with E-state index < -0.39 is 0 Å². The van der Waals surface area contributed by atoms with Crippen molar-refractivity contribution in [1.29, 1.82) is 0 Å². The molecule has 0 aromatic rings. The van der Waals surface area contributed by atoms with Crippen molar-refractivity contribution in [2.45, 2.75) is 53.1 Å². The summed E-state index contributed by atoms with van der Waals surface area (Å²) in [4.78, 5) is 0. The van der Waals surface area contributed by atoms with Crippen LogP contribution in [0.2, 0.25) is 0 Å². The van der Waals surface area contributed by atoms with Gasteiger partial charge in [0.15, 0.2) is 0 Å². The third kappa shape index (κ3) is 1.84. The number of aliphatic hydroxyl groups excluding tert-OH is 2. The Bertz CT molecular complexity index is 416. The number of fused-ring (bicyclic) bond motifs is 3. The van der Waals surface area contributed by atoms with E-state index in [9.17, 15) is 10.2 Å². The van der Waals surface area contributed by atoms with Gasteiger partial charge in [-0.15, -0.1) is 0 Å². The first-order valence-electron chi connectivity index (χ1n) is 8.37. The van der Waals surface area contributed by atoms with E-state index >= 15 is 0 Å². The first kappa shape index (κ1) is 14.6. The third-order valence-electron chi connectivity index (χ3n) is 7.06. The minimum Gasteiger partial charge on any atom is -0.396 e. The lowest BCUT2D eigenvalue weighted by molar-refractivity contribution is -0.0902. The predicted octanol–water partition coefficient (Wildman–Crippen LogP) is 3.24. The Balaban J connectivity index is 2.01. The largest absolute Gasteiger partial charge is 0.396 e. The Hall–Kier alpha value is -0.340. The second-order valence-corrected chi connectivity index (χ2v) is 7.95. The Kier molecular flexibility index (Phi) is 3.53. The van der Waals surface area contributed by atoms with Gasteiger partial charge in [-0.3, -0.25) is 0 Å². The first-order chi connectivity index (χ1) is 9.45. The van der Waals surface area contributed by atoms with Crippen molar-refractivity contribution in [3.05, 3.63) is 11.6 Å². The highest BCUT2D eigenvalue weighted by atomic mass is 16.3. The van der Waals surface area contributed by atoms with E-state index in [-0.39, 0.29) is 12.7 Å². The van der Waals surface area contributed by atoms with Crippen molar-refractivity contribution in [2.24, 2.45) is 40.9 Å². The van der Waals surface area contributed by atoms with Gasteiger partial charge in [0.2, 0.25) is 0 Å². The number of hydrogen-bond acceptors (Lipinski definition) is 2. The van der Waals surface area contributed by atoms with Gasteiger partial charge in [0, 0.05) is 6.61 Å². The molecule has 8 atom stereocenters. The van der Waals surface area contributed by atoms with Crippen LogP contribution in [-0.4, -0.2) is 22.9 Å². The van der Waals surface area contributed by atoms with Crippen molar-refractivity contribution < 1.29 is 10.2 Å². The fraction of sp³-hybridized carbons (Fsp3) is 0.889. The molecule has 2 nitrogen and oxygen atoms in total. The number of hydrogen-bond donors (Lipinski definition) is 2. The molecule has 3 aliphatic rings. The molecule has 3 aliphatic carbocycles. The van der Waals surface area contributed by atoms with Crippen molar-refractivity contribution in [3.8, 4) is 0 Å². The molecule has 0 aromatic heterocycles. The van der Waals surface area contributed by atoms with Crippen LogP contribution in [0.1, 0.15) is 47.0 Å². The van der Waals surface area contributed by atoms with Gasteiger partial charge >= 0.3 is 0 Å². The summed E-state index contributed by atoms with van der Waals surface area (Å²) in [6, 6.07) is 0. The molecular weight excluding hydrogens is 248 g/mol. The maximum absolute atomic E-state index is 10.5. The highest BCUT2D eigenvalue weighted by molar-refractivity contribution is 5.23. The minimum atomic E-state index is -0.135. The molecule has 2 heteroatoms. The second kappa shape index (κ2) is 4.84. The van der Waals surface area contributed by atoms with Crippen molar-refractivity contribution in [2.75, 3.05) is 6.61 Å². The molecule has 3 saturated carbocycles. The zero-order valence-corrected chi connectivity index (χ0v) is 13.3. The van der Waals surface area contributed by atoms with Crippen LogP contribution in [0.4, 0.5) is 0 Å². The molecular formula is C18H30O2. The summed E-state index contributed by atoms with van der Waals surface area (Å²) in [5.74, 6) is 3.10. The Morgan fingerprint density at radius 3 is 2.60 bits per heavy atom. The van der Waals surface area contributed by atoms with E-state index in [0.29, 0.717) is 40.9 Å². The van der Waals surface area contributed by atoms with Crippen molar-refractivity contribution in [3.63, 3.8) is 0 Å². The van der Waals surface area contributed by atoms with Crippen molar-refractivity contribution >= 4 is 0 Å². The van der Waals surface area contributed by atoms with Crippen molar-refractivity contribution in [1.82, 2.24) is 0 Å². The van der Waals surface area contributed by atoms with Crippen LogP contribution >= 0.6 is 0 Å². The van der Waals surface area contributed by atoms with Crippen LogP contribution in [0.3, 0.4) is 0 Å². The summed E-state index contributed by atoms with van der Waals surface area (Å²) >= 11 is 0. The molecule has 0 bridgehead atoms. The van der Waals surface area contributed by atoms with Gasteiger partial charge < -0.3 is 10.2 Å². The molecule has 0 unspecified atom stereocenters. The normalized spacial score (nSPS) is 55.1. The van der Waals surface area contributed by atoms with Crippen LogP contribution in [0.15, 0.2) is 11.6 Å². The predicted molar refractivity (Wildman–Crippen MR) is 81.1 cm³/mol. The number of aliphatic hydroxyl groups is 2. The molecule has 0 amide bonds. The highest BCUT2D eigenvalue weighted by Crippen LogP contribution is 2.72. The van der Waals surface area contributed by atoms with Crippen LogP contribution in [0.5, 0.6) is 0 Å². The second-order valence-electron chi connectivity index (χ2n) is 7.95. The van der Waals surface area contributed by atoms with Gasteiger partial charge in [0.25, 0.3) is 0 Å². The lowest BCUT2D eigenvalue weighted by Gasteiger charge is -2.52. The summed E-state index contributed by atoms with van der Waals surface area (Å²) in [6.07, 6.45) is 5.41. The highest BCUT2D eigenvalue weighted by Gasteiger charge is 2.68. The number of rotatable bonds is 2. The van der Waals surface area contributed by atoms with E-state index in [2.05, 4.69) is 33.8 Å². The molecule has 0 saturated heterocycles. The molecule has 0 aromatic carbocycles. The lowest BCUT2D eigenvalue weighted by Crippen LogP contribution is -2.51. The monoisotopic (exact) mass is 278 g/mol. The van der Waals surface area contributed by atoms with E-state index in [0.717, 1.165) is 12.8 Å². The first-order valence-corrected chi connectivity index (χ1v) is 8.37. The smallest absolute Gasteiger partial charge is 0.0574 e. The maximum atomic E-state index is 10.5. The summed E-state index contributed by atoms with van der Waals surface area (Å²) in [5, 5.41) is 20.6. The molecule has 20 heavy (non-hydrogen) atoms. The molecule has 0 heterocycles. The van der Waals surface area contributed by atoms with Crippen LogP contribution < -0.4 is 0 Å². The maximum Gasteiger partial charge on any atom is 0.0574 e.